The van der Waals surface area contributed by atoms with Crippen LogP contribution in [0.5, 0.6) is 0 Å². The van der Waals surface area contributed by atoms with E-state index < -0.39 is 11.9 Å². The van der Waals surface area contributed by atoms with E-state index in [1.54, 1.807) is 0 Å². The van der Waals surface area contributed by atoms with Gasteiger partial charge in [0.25, 0.3) is 0 Å². The molecule has 0 fully saturated rings. The van der Waals surface area contributed by atoms with E-state index in [1.807, 2.05) is 0 Å². The van der Waals surface area contributed by atoms with E-state index in [2.05, 4.69) is 14.7 Å². The second-order valence-electron chi connectivity index (χ2n) is 1.92. The maximum atomic E-state index is 9.55. The van der Waals surface area contributed by atoms with Crippen molar-refractivity contribution in [3.05, 3.63) is 12.2 Å². The summed E-state index contributed by atoms with van der Waals surface area (Å²) in [5.41, 5.74) is 0. The standard InChI is InChI=1S/C4H4O4.C3H5NO2/c5-3(6)1-2-4(7)8;1-2-6-4-3-5-1/h1-2H,(H,5,6)(H,7,8);3H,1-2H2. The average Bonchev–Trinajstić information content (AvgIpc) is 2.18. The van der Waals surface area contributed by atoms with Crippen LogP contribution in [-0.4, -0.2) is 41.8 Å². The molecule has 0 bridgehead atoms. The SMILES string of the molecule is C1=NOCCO1.O=C(O)C=CC(=O)O. The summed E-state index contributed by atoms with van der Waals surface area (Å²) in [6.45, 7) is 1.21. The van der Waals surface area contributed by atoms with Crippen molar-refractivity contribution < 1.29 is 29.4 Å². The van der Waals surface area contributed by atoms with Crippen LogP contribution in [0.2, 0.25) is 0 Å². The van der Waals surface area contributed by atoms with Gasteiger partial charge in [0.05, 0.1) is 0 Å². The zero-order valence-electron chi connectivity index (χ0n) is 7.12. The highest BCUT2D eigenvalue weighted by Gasteiger charge is 1.88. The third-order valence-corrected chi connectivity index (χ3v) is 0.853. The van der Waals surface area contributed by atoms with Gasteiger partial charge in [-0.2, -0.15) is 0 Å². The van der Waals surface area contributed by atoms with Gasteiger partial charge in [0.15, 0.2) is 6.61 Å². The number of rotatable bonds is 2. The summed E-state index contributed by atoms with van der Waals surface area (Å²) in [5, 5.41) is 19.0. The van der Waals surface area contributed by atoms with Crippen molar-refractivity contribution in [3.8, 4) is 0 Å². The fraction of sp³-hybridized carbons (Fsp3) is 0.286. The Labute approximate surface area is 79.2 Å². The van der Waals surface area contributed by atoms with Crippen molar-refractivity contribution in [3.63, 3.8) is 0 Å². The Morgan fingerprint density at radius 2 is 1.79 bits per heavy atom. The zero-order valence-corrected chi connectivity index (χ0v) is 7.12. The molecule has 0 spiro atoms. The zero-order chi connectivity index (χ0) is 10.8. The molecule has 1 aliphatic heterocycles. The average molecular weight is 203 g/mol. The third kappa shape index (κ3) is 9.95. The fourth-order valence-electron chi connectivity index (χ4n) is 0.394. The van der Waals surface area contributed by atoms with Gasteiger partial charge in [-0.3, -0.25) is 0 Å². The first-order valence-electron chi connectivity index (χ1n) is 3.52. The Balaban J connectivity index is 0.000000249. The van der Waals surface area contributed by atoms with Gasteiger partial charge in [-0.25, -0.2) is 9.59 Å². The van der Waals surface area contributed by atoms with E-state index >= 15 is 0 Å². The molecule has 0 aromatic heterocycles. The molecular weight excluding hydrogens is 194 g/mol. The van der Waals surface area contributed by atoms with E-state index in [1.165, 1.54) is 6.40 Å². The molecule has 1 rings (SSSR count). The van der Waals surface area contributed by atoms with Crippen molar-refractivity contribution >= 4 is 18.3 Å². The van der Waals surface area contributed by atoms with Gasteiger partial charge in [0.2, 0.25) is 6.40 Å². The van der Waals surface area contributed by atoms with Crippen LogP contribution in [0, 0.1) is 0 Å². The number of oxime groups is 1. The Kier molecular flexibility index (Phi) is 6.48. The van der Waals surface area contributed by atoms with Crippen LogP contribution in [0.15, 0.2) is 17.3 Å². The summed E-state index contributed by atoms with van der Waals surface area (Å²) in [6, 6.07) is 0. The summed E-state index contributed by atoms with van der Waals surface area (Å²) >= 11 is 0. The van der Waals surface area contributed by atoms with Crippen molar-refractivity contribution in [1.29, 1.82) is 0 Å². The van der Waals surface area contributed by atoms with Gasteiger partial charge in [-0.15, -0.1) is 0 Å². The Hall–Kier alpha value is -2.05. The molecule has 7 nitrogen and oxygen atoms in total. The van der Waals surface area contributed by atoms with Crippen molar-refractivity contribution in [2.75, 3.05) is 13.2 Å². The van der Waals surface area contributed by atoms with Crippen LogP contribution >= 0.6 is 0 Å². The number of carbonyl (C=O) groups is 2. The molecule has 0 saturated carbocycles. The molecule has 0 radical (unpaired) electrons. The molecule has 14 heavy (non-hydrogen) atoms. The third-order valence-electron chi connectivity index (χ3n) is 0.853. The van der Waals surface area contributed by atoms with E-state index in [9.17, 15) is 9.59 Å². The first kappa shape index (κ1) is 11.9. The first-order chi connectivity index (χ1) is 6.63. The topological polar surface area (TPSA) is 105 Å². The van der Waals surface area contributed by atoms with Gasteiger partial charge in [-0.1, -0.05) is 5.16 Å². The molecule has 1 heterocycles. The van der Waals surface area contributed by atoms with Crippen LogP contribution in [0.1, 0.15) is 0 Å². The fourth-order valence-corrected chi connectivity index (χ4v) is 0.394. The highest BCUT2D eigenvalue weighted by Crippen LogP contribution is 1.81. The van der Waals surface area contributed by atoms with Crippen LogP contribution < -0.4 is 0 Å². The Bertz CT molecular complexity index is 223. The summed E-state index contributed by atoms with van der Waals surface area (Å²) < 4.78 is 4.65. The molecule has 0 saturated heterocycles. The highest BCUT2D eigenvalue weighted by atomic mass is 16.7. The monoisotopic (exact) mass is 203 g/mol. The number of ether oxygens (including phenoxy) is 1. The number of carboxylic acids is 2. The second-order valence-corrected chi connectivity index (χ2v) is 1.92. The van der Waals surface area contributed by atoms with Gasteiger partial charge in [0.1, 0.15) is 6.61 Å². The van der Waals surface area contributed by atoms with Crippen molar-refractivity contribution in [2.45, 2.75) is 0 Å². The molecule has 0 aliphatic carbocycles. The second kappa shape index (κ2) is 7.59. The summed E-state index contributed by atoms with van der Waals surface area (Å²) in [7, 11) is 0. The quantitative estimate of drug-likeness (QED) is 0.596. The molecule has 0 amide bonds. The molecule has 0 atom stereocenters. The molecule has 78 valence electrons. The summed E-state index contributed by atoms with van der Waals surface area (Å²) in [4.78, 5) is 23.6. The maximum Gasteiger partial charge on any atom is 0.328 e. The molecule has 0 unspecified atom stereocenters. The smallest absolute Gasteiger partial charge is 0.328 e. The predicted molar refractivity (Wildman–Crippen MR) is 44.8 cm³/mol. The lowest BCUT2D eigenvalue weighted by atomic mass is 10.5. The molecule has 0 aromatic carbocycles. The molecular formula is C7H9NO6. The molecule has 1 aliphatic rings. The summed E-state index contributed by atoms with van der Waals surface area (Å²) in [5.74, 6) is -2.51. The minimum atomic E-state index is -1.26. The lowest BCUT2D eigenvalue weighted by Gasteiger charge is -2.02. The summed E-state index contributed by atoms with van der Waals surface area (Å²) in [6.07, 6.45) is 2.41. The largest absolute Gasteiger partial charge is 0.478 e. The van der Waals surface area contributed by atoms with Crippen molar-refractivity contribution in [2.24, 2.45) is 5.16 Å². The van der Waals surface area contributed by atoms with Gasteiger partial charge >= 0.3 is 11.9 Å². The van der Waals surface area contributed by atoms with Crippen LogP contribution in [-0.2, 0) is 19.2 Å². The van der Waals surface area contributed by atoms with Crippen molar-refractivity contribution in [1.82, 2.24) is 0 Å². The highest BCUT2D eigenvalue weighted by molar-refractivity contribution is 5.89. The first-order valence-corrected chi connectivity index (χ1v) is 3.52. The lowest BCUT2D eigenvalue weighted by Crippen LogP contribution is -2.04. The minimum Gasteiger partial charge on any atom is -0.478 e. The van der Waals surface area contributed by atoms with Gasteiger partial charge < -0.3 is 19.8 Å². The normalized spacial score (nSPS) is 13.4. The maximum absolute atomic E-state index is 9.55. The van der Waals surface area contributed by atoms with Gasteiger partial charge in [0, 0.05) is 12.2 Å². The Morgan fingerprint density at radius 1 is 1.21 bits per heavy atom. The lowest BCUT2D eigenvalue weighted by molar-refractivity contribution is -0.134. The van der Waals surface area contributed by atoms with E-state index in [4.69, 9.17) is 10.2 Å². The number of nitrogens with zero attached hydrogens (tertiary/aromatic N) is 1. The van der Waals surface area contributed by atoms with Crippen LogP contribution in [0.3, 0.4) is 0 Å². The van der Waals surface area contributed by atoms with Gasteiger partial charge in [-0.05, 0) is 0 Å². The van der Waals surface area contributed by atoms with Crippen LogP contribution in [0.4, 0.5) is 0 Å². The Morgan fingerprint density at radius 3 is 1.93 bits per heavy atom. The molecule has 0 aromatic rings. The van der Waals surface area contributed by atoms with E-state index in [0.717, 1.165) is 0 Å². The molecule has 7 heteroatoms. The number of hydrogen-bond acceptors (Lipinski definition) is 5. The van der Waals surface area contributed by atoms with Crippen LogP contribution in [0.25, 0.3) is 0 Å². The number of hydrogen-bond donors (Lipinski definition) is 2. The number of carboxylic acid groups (broad SMARTS) is 2. The predicted octanol–water partition coefficient (Wildman–Crippen LogP) is -0.312. The molecule has 2 N–H and O–H groups in total. The number of aliphatic carboxylic acids is 2. The minimum absolute atomic E-state index is 0.558. The van der Waals surface area contributed by atoms with E-state index in [-0.39, 0.29) is 0 Å². The van der Waals surface area contributed by atoms with E-state index in [0.29, 0.717) is 25.4 Å².